The van der Waals surface area contributed by atoms with Crippen LogP contribution in [0.3, 0.4) is 0 Å². The maximum absolute atomic E-state index is 9.07. The van der Waals surface area contributed by atoms with Gasteiger partial charge in [0.25, 0.3) is 0 Å². The molecule has 0 saturated carbocycles. The molecule has 2 N–H and O–H groups in total. The van der Waals surface area contributed by atoms with Gasteiger partial charge in [0.05, 0.1) is 6.07 Å². The van der Waals surface area contributed by atoms with Gasteiger partial charge in [-0.1, -0.05) is 93.9 Å². The maximum atomic E-state index is 9.07. The van der Waals surface area contributed by atoms with Crippen molar-refractivity contribution in [1.29, 1.82) is 5.26 Å². The molecule has 5 nitrogen and oxygen atoms in total. The summed E-state index contributed by atoms with van der Waals surface area (Å²) in [6.07, 6.45) is 6.86. The highest BCUT2D eigenvalue weighted by molar-refractivity contribution is 5.98. The van der Waals surface area contributed by atoms with E-state index >= 15 is 0 Å². The summed E-state index contributed by atoms with van der Waals surface area (Å²) >= 11 is 0. The summed E-state index contributed by atoms with van der Waals surface area (Å²) < 4.78 is 0. The Labute approximate surface area is 291 Å². The minimum Gasteiger partial charge on any atom is -0.370 e. The van der Waals surface area contributed by atoms with Gasteiger partial charge in [-0.3, -0.25) is 0 Å². The third kappa shape index (κ3) is 14.7. The number of allylic oxidation sites excluding steroid dienone is 1. The molecule has 0 aliphatic carbocycles. The number of nitrogens with zero attached hydrogens (tertiary/aromatic N) is 2. The maximum Gasteiger partial charge on any atom is 0.126 e. The molecule has 0 aliphatic heterocycles. The molecule has 0 radical (unpaired) electrons. The van der Waals surface area contributed by atoms with Gasteiger partial charge in [0.1, 0.15) is 12.1 Å². The Kier molecular flexibility index (Phi) is 20.8. The van der Waals surface area contributed by atoms with Crippen LogP contribution >= 0.6 is 0 Å². The van der Waals surface area contributed by atoms with E-state index in [2.05, 4.69) is 130 Å². The smallest absolute Gasteiger partial charge is 0.126 e. The van der Waals surface area contributed by atoms with E-state index in [9.17, 15) is 0 Å². The quantitative estimate of drug-likeness (QED) is 0.0857. The second kappa shape index (κ2) is 24.0. The van der Waals surface area contributed by atoms with Crippen LogP contribution in [0.5, 0.6) is 0 Å². The van der Waals surface area contributed by atoms with Crippen LogP contribution in [0, 0.1) is 37.0 Å². The normalized spacial score (nSPS) is 11.9. The average molecular weight is 649 g/mol. The summed E-state index contributed by atoms with van der Waals surface area (Å²) in [5, 5.41) is 18.7. The van der Waals surface area contributed by atoms with Crippen molar-refractivity contribution in [3.8, 4) is 17.2 Å². The Balaban J connectivity index is 0.000000506. The fraction of sp³-hybridized carbons (Fsp3) is 0.419. The third-order valence-corrected chi connectivity index (χ3v) is 8.22. The lowest BCUT2D eigenvalue weighted by molar-refractivity contribution is -0.106. The van der Waals surface area contributed by atoms with E-state index in [1.807, 2.05) is 33.0 Å². The number of hydrogen-bond acceptors (Lipinski definition) is 5. The molecule has 48 heavy (non-hydrogen) atoms. The van der Waals surface area contributed by atoms with Gasteiger partial charge in [0.15, 0.2) is 0 Å². The first-order valence-corrected chi connectivity index (χ1v) is 17.6. The van der Waals surface area contributed by atoms with Crippen molar-refractivity contribution in [2.45, 2.75) is 94.0 Å². The predicted molar refractivity (Wildman–Crippen MR) is 208 cm³/mol. The van der Waals surface area contributed by atoms with E-state index in [-0.39, 0.29) is 5.92 Å². The molecule has 0 spiro atoms. The first kappa shape index (κ1) is 41.8. The van der Waals surface area contributed by atoms with Crippen LogP contribution in [0.15, 0.2) is 91.1 Å². The monoisotopic (exact) mass is 648 g/mol. The minimum absolute atomic E-state index is 0.112. The van der Waals surface area contributed by atoms with Crippen molar-refractivity contribution in [2.75, 3.05) is 18.4 Å². The van der Waals surface area contributed by atoms with Gasteiger partial charge < -0.3 is 15.4 Å². The molecule has 0 aliphatic rings. The lowest BCUT2D eigenvalue weighted by Gasteiger charge is -2.20. The summed E-state index contributed by atoms with van der Waals surface area (Å²) in [7, 11) is 0. The predicted octanol–water partition coefficient (Wildman–Crippen LogP) is 11.4. The van der Waals surface area contributed by atoms with Crippen LogP contribution in [0.1, 0.15) is 96.9 Å². The molecule has 0 fully saturated rings. The Morgan fingerprint density at radius 1 is 0.979 bits per heavy atom. The van der Waals surface area contributed by atoms with Gasteiger partial charge in [-0.25, -0.2) is 4.98 Å². The van der Waals surface area contributed by atoms with Gasteiger partial charge >= 0.3 is 0 Å². The Morgan fingerprint density at radius 3 is 2.21 bits per heavy atom. The molecule has 0 bridgehead atoms. The van der Waals surface area contributed by atoms with Crippen molar-refractivity contribution in [1.82, 2.24) is 10.3 Å². The van der Waals surface area contributed by atoms with E-state index in [1.54, 1.807) is 0 Å². The number of carbonyl (C=O) groups is 1. The highest BCUT2D eigenvalue weighted by Gasteiger charge is 2.14. The first-order chi connectivity index (χ1) is 23.1. The van der Waals surface area contributed by atoms with Crippen molar-refractivity contribution in [3.05, 3.63) is 108 Å². The lowest BCUT2D eigenvalue weighted by Crippen LogP contribution is -2.24. The summed E-state index contributed by atoms with van der Waals surface area (Å²) in [5.41, 5.74) is 7.67. The summed E-state index contributed by atoms with van der Waals surface area (Å²) in [4.78, 5) is 13.0. The number of carbonyl (C=O) groups excluding carboxylic acids is 1. The number of aromatic nitrogens is 1. The molecule has 3 aromatic carbocycles. The molecule has 4 rings (SSSR count). The number of pyridine rings is 1. The molecule has 3 unspecified atom stereocenters. The Bertz CT molecular complexity index is 1540. The lowest BCUT2D eigenvalue weighted by atomic mass is 9.93. The molecule has 5 heteroatoms. The van der Waals surface area contributed by atoms with Crippen LogP contribution in [0.25, 0.3) is 21.9 Å². The van der Waals surface area contributed by atoms with Gasteiger partial charge in [-0.05, 0) is 123 Å². The number of nitriles is 1. The zero-order chi connectivity index (χ0) is 35.9. The zero-order valence-electron chi connectivity index (χ0n) is 31.1. The van der Waals surface area contributed by atoms with E-state index in [1.165, 1.54) is 51.1 Å². The number of fused-ring (bicyclic) bond motifs is 1. The van der Waals surface area contributed by atoms with Crippen LogP contribution in [-0.2, 0) is 4.79 Å². The second-order valence-electron chi connectivity index (χ2n) is 12.1. The second-order valence-corrected chi connectivity index (χ2v) is 12.1. The van der Waals surface area contributed by atoms with E-state index in [0.717, 1.165) is 50.9 Å². The number of nitrogens with one attached hydrogen (secondary N) is 2. The Morgan fingerprint density at radius 2 is 1.62 bits per heavy atom. The molecule has 0 saturated heterocycles. The van der Waals surface area contributed by atoms with Crippen molar-refractivity contribution >= 4 is 22.9 Å². The topological polar surface area (TPSA) is 77.8 Å². The van der Waals surface area contributed by atoms with Gasteiger partial charge in [-0.15, -0.1) is 6.58 Å². The molecule has 3 atom stereocenters. The standard InChI is InChI=1S/C27H32N2.C12H18N2.C2H4O.C2H6/c1-5-27(29-17-16-19(2)21(4)18-28)23-13-11-22(12-14-23)25-15-10-20(3)24-8-6-7-9-26(24)25;1-10(2)5-4-7-13-12-9-11(3)6-8-14-12;1-2-3;1-2/h6-15,19,21,27,29H,5,16-17H2,1-4H3;6,8-9H,1,4-5,7H2,2-3H3,(H,13,14);2H,1H3;1-2H3. The number of aryl methyl sites for hydroxylation is 2. The highest BCUT2D eigenvalue weighted by Crippen LogP contribution is 2.31. The summed E-state index contributed by atoms with van der Waals surface area (Å²) in [6, 6.07) is 28.9. The van der Waals surface area contributed by atoms with Gasteiger partial charge in [0.2, 0.25) is 0 Å². The van der Waals surface area contributed by atoms with Crippen molar-refractivity contribution in [3.63, 3.8) is 0 Å². The fourth-order valence-corrected chi connectivity index (χ4v) is 5.20. The van der Waals surface area contributed by atoms with E-state index < -0.39 is 0 Å². The summed E-state index contributed by atoms with van der Waals surface area (Å²) in [6.45, 7) is 23.9. The zero-order valence-corrected chi connectivity index (χ0v) is 31.1. The molecule has 258 valence electrons. The third-order valence-electron chi connectivity index (χ3n) is 8.22. The van der Waals surface area contributed by atoms with Crippen LogP contribution in [0.4, 0.5) is 5.82 Å². The molecular formula is C43H60N4O. The molecule has 4 aromatic rings. The molecule has 1 heterocycles. The number of hydrogen-bond donors (Lipinski definition) is 2. The van der Waals surface area contributed by atoms with E-state index in [4.69, 9.17) is 10.1 Å². The van der Waals surface area contributed by atoms with Gasteiger partial charge in [-0.2, -0.15) is 5.26 Å². The Hall–Kier alpha value is -4.27. The highest BCUT2D eigenvalue weighted by atomic mass is 16.1. The number of anilines is 1. The molecular weight excluding hydrogens is 589 g/mol. The van der Waals surface area contributed by atoms with Crippen LogP contribution in [-0.4, -0.2) is 24.4 Å². The van der Waals surface area contributed by atoms with Crippen molar-refractivity contribution in [2.24, 2.45) is 11.8 Å². The first-order valence-electron chi connectivity index (χ1n) is 17.6. The molecule has 0 amide bonds. The fourth-order valence-electron chi connectivity index (χ4n) is 5.20. The minimum atomic E-state index is 0.112. The largest absolute Gasteiger partial charge is 0.370 e. The summed E-state index contributed by atoms with van der Waals surface area (Å²) in [5.74, 6) is 1.49. The van der Waals surface area contributed by atoms with Crippen LogP contribution in [0.2, 0.25) is 0 Å². The SMILES string of the molecule is C=C(C)CCCNc1cc(C)ccn1.CC.CC=O.CCC(NCCC(C)C(C)C#N)c1ccc(-c2ccc(C)c3ccccc23)cc1. The number of benzene rings is 3. The number of aldehydes is 1. The average Bonchev–Trinajstić information content (AvgIpc) is 3.10. The number of rotatable bonds is 13. The van der Waals surface area contributed by atoms with Crippen LogP contribution < -0.4 is 10.6 Å². The van der Waals surface area contributed by atoms with Crippen molar-refractivity contribution < 1.29 is 4.79 Å². The van der Waals surface area contributed by atoms with E-state index in [0.29, 0.717) is 12.0 Å². The molecule has 1 aromatic heterocycles. The van der Waals surface area contributed by atoms with Gasteiger partial charge in [0, 0.05) is 24.7 Å².